The van der Waals surface area contributed by atoms with Gasteiger partial charge in [-0.1, -0.05) is 19.9 Å². The Balaban J connectivity index is 1.88. The molecule has 1 aliphatic rings. The maximum atomic E-state index is 11.8. The van der Waals surface area contributed by atoms with Crippen LogP contribution in [0, 0.1) is 11.3 Å². The summed E-state index contributed by atoms with van der Waals surface area (Å²) in [6.07, 6.45) is 0.944. The van der Waals surface area contributed by atoms with Crippen molar-refractivity contribution in [3.63, 3.8) is 0 Å². The fraction of sp³-hybridized carbons (Fsp3) is 0.615. The monoisotopic (exact) mass is 253 g/mol. The van der Waals surface area contributed by atoms with Crippen LogP contribution < -0.4 is 5.32 Å². The largest absolute Gasteiger partial charge is 0.383 e. The Kier molecular flexibility index (Phi) is 3.04. The molecule has 2 unspecified atom stereocenters. The molecule has 1 aliphatic carbocycles. The number of thiophene rings is 1. The van der Waals surface area contributed by atoms with Gasteiger partial charge in [0.2, 0.25) is 5.91 Å². The molecular formula is C13H19NO2S. The molecule has 2 atom stereocenters. The van der Waals surface area contributed by atoms with Gasteiger partial charge in [0.05, 0.1) is 6.54 Å². The van der Waals surface area contributed by atoms with Gasteiger partial charge in [-0.3, -0.25) is 4.79 Å². The Morgan fingerprint density at radius 3 is 2.82 bits per heavy atom. The van der Waals surface area contributed by atoms with E-state index < -0.39 is 5.60 Å². The average Bonchev–Trinajstić information content (AvgIpc) is 2.73. The molecular weight excluding hydrogens is 234 g/mol. The van der Waals surface area contributed by atoms with Crippen molar-refractivity contribution in [1.29, 1.82) is 0 Å². The summed E-state index contributed by atoms with van der Waals surface area (Å²) in [5.41, 5.74) is -0.832. The summed E-state index contributed by atoms with van der Waals surface area (Å²) >= 11 is 1.50. The topological polar surface area (TPSA) is 49.3 Å². The zero-order valence-corrected chi connectivity index (χ0v) is 11.3. The van der Waals surface area contributed by atoms with Gasteiger partial charge in [-0.2, -0.15) is 0 Å². The summed E-state index contributed by atoms with van der Waals surface area (Å²) in [6, 6.07) is 3.79. The summed E-state index contributed by atoms with van der Waals surface area (Å²) < 4.78 is 0. The Hall–Kier alpha value is -0.870. The van der Waals surface area contributed by atoms with Gasteiger partial charge < -0.3 is 10.4 Å². The number of amides is 1. The Morgan fingerprint density at radius 1 is 1.71 bits per heavy atom. The van der Waals surface area contributed by atoms with E-state index in [4.69, 9.17) is 0 Å². The van der Waals surface area contributed by atoms with Crippen molar-refractivity contribution < 1.29 is 9.90 Å². The number of carbonyl (C=O) groups is 1. The summed E-state index contributed by atoms with van der Waals surface area (Å²) in [7, 11) is 0. The number of aliphatic hydroxyl groups is 1. The number of rotatable bonds is 4. The van der Waals surface area contributed by atoms with E-state index >= 15 is 0 Å². The minimum absolute atomic E-state index is 0.0619. The number of hydrogen-bond acceptors (Lipinski definition) is 3. The second-order valence-corrected chi connectivity index (χ2v) is 6.66. The minimum Gasteiger partial charge on any atom is -0.383 e. The van der Waals surface area contributed by atoms with Crippen LogP contribution in [0.4, 0.5) is 0 Å². The molecule has 1 aromatic rings. The molecule has 1 amide bonds. The third-order valence-corrected chi connectivity index (χ3v) is 4.61. The van der Waals surface area contributed by atoms with Crippen molar-refractivity contribution in [3.8, 4) is 0 Å². The SMILES string of the molecule is CC(O)(CNC(=O)C1CC1(C)C)c1cccs1. The van der Waals surface area contributed by atoms with Crippen molar-refractivity contribution in [2.75, 3.05) is 6.54 Å². The molecule has 0 saturated heterocycles. The van der Waals surface area contributed by atoms with Crippen molar-refractivity contribution >= 4 is 17.2 Å². The second kappa shape index (κ2) is 4.10. The van der Waals surface area contributed by atoms with E-state index in [2.05, 4.69) is 19.2 Å². The van der Waals surface area contributed by atoms with Crippen LogP contribution in [0.1, 0.15) is 32.1 Å². The first kappa shape index (κ1) is 12.6. The number of nitrogens with one attached hydrogen (secondary N) is 1. The van der Waals surface area contributed by atoms with E-state index in [-0.39, 0.29) is 23.8 Å². The molecule has 1 saturated carbocycles. The molecule has 4 heteroatoms. The van der Waals surface area contributed by atoms with Crippen molar-refractivity contribution in [1.82, 2.24) is 5.32 Å². The molecule has 2 N–H and O–H groups in total. The summed E-state index contributed by atoms with van der Waals surface area (Å²) in [5, 5.41) is 15.0. The highest BCUT2D eigenvalue weighted by Crippen LogP contribution is 2.51. The molecule has 0 aromatic carbocycles. The lowest BCUT2D eigenvalue weighted by Gasteiger charge is -2.22. The Bertz CT molecular complexity index is 409. The predicted molar refractivity (Wildman–Crippen MR) is 68.8 cm³/mol. The minimum atomic E-state index is -0.969. The van der Waals surface area contributed by atoms with Crippen LogP contribution in [0.25, 0.3) is 0 Å². The third kappa shape index (κ3) is 2.69. The lowest BCUT2D eigenvalue weighted by atomic mass is 10.0. The zero-order chi connectivity index (χ0) is 12.7. The average molecular weight is 253 g/mol. The summed E-state index contributed by atoms with van der Waals surface area (Å²) in [5.74, 6) is 0.175. The first-order chi connectivity index (χ1) is 7.83. The van der Waals surface area contributed by atoms with E-state index in [1.54, 1.807) is 6.92 Å². The molecule has 1 aromatic heterocycles. The molecule has 0 bridgehead atoms. The van der Waals surface area contributed by atoms with Crippen LogP contribution in [0.2, 0.25) is 0 Å². The van der Waals surface area contributed by atoms with E-state index in [0.29, 0.717) is 0 Å². The predicted octanol–water partition coefficient (Wildman–Crippen LogP) is 2.12. The van der Waals surface area contributed by atoms with Gasteiger partial charge in [0.1, 0.15) is 5.60 Å². The number of carbonyl (C=O) groups excluding carboxylic acids is 1. The van der Waals surface area contributed by atoms with Crippen LogP contribution in [0.15, 0.2) is 17.5 Å². The molecule has 1 fully saturated rings. The van der Waals surface area contributed by atoms with Crippen molar-refractivity contribution in [3.05, 3.63) is 22.4 Å². The molecule has 2 rings (SSSR count). The first-order valence-electron chi connectivity index (χ1n) is 5.87. The zero-order valence-electron chi connectivity index (χ0n) is 10.5. The van der Waals surface area contributed by atoms with E-state index in [1.165, 1.54) is 11.3 Å². The summed E-state index contributed by atoms with van der Waals surface area (Å²) in [6.45, 7) is 6.19. The van der Waals surface area contributed by atoms with Gasteiger partial charge in [0, 0.05) is 10.8 Å². The standard InChI is InChI=1S/C13H19NO2S/c1-12(2)7-9(12)11(15)14-8-13(3,16)10-5-4-6-17-10/h4-6,9,16H,7-8H2,1-3H3,(H,14,15). The third-order valence-electron chi connectivity index (χ3n) is 3.49. The van der Waals surface area contributed by atoms with Gasteiger partial charge in [0.25, 0.3) is 0 Å². The smallest absolute Gasteiger partial charge is 0.223 e. The van der Waals surface area contributed by atoms with Crippen LogP contribution >= 0.6 is 11.3 Å². The van der Waals surface area contributed by atoms with Crippen LogP contribution in [-0.2, 0) is 10.4 Å². The van der Waals surface area contributed by atoms with Gasteiger partial charge >= 0.3 is 0 Å². The first-order valence-corrected chi connectivity index (χ1v) is 6.75. The van der Waals surface area contributed by atoms with E-state index in [1.807, 2.05) is 17.5 Å². The van der Waals surface area contributed by atoms with Crippen LogP contribution in [0.5, 0.6) is 0 Å². The lowest BCUT2D eigenvalue weighted by molar-refractivity contribution is -0.124. The van der Waals surface area contributed by atoms with Gasteiger partial charge in [-0.05, 0) is 30.2 Å². The molecule has 17 heavy (non-hydrogen) atoms. The van der Waals surface area contributed by atoms with Gasteiger partial charge in [-0.15, -0.1) is 11.3 Å². The van der Waals surface area contributed by atoms with Crippen molar-refractivity contribution in [2.24, 2.45) is 11.3 Å². The van der Waals surface area contributed by atoms with Crippen molar-refractivity contribution in [2.45, 2.75) is 32.8 Å². The highest BCUT2D eigenvalue weighted by atomic mass is 32.1. The fourth-order valence-electron chi connectivity index (χ4n) is 1.97. The van der Waals surface area contributed by atoms with Crippen LogP contribution in [-0.4, -0.2) is 17.6 Å². The molecule has 0 spiro atoms. The normalized spacial score (nSPS) is 25.1. The lowest BCUT2D eigenvalue weighted by Crippen LogP contribution is -2.39. The highest BCUT2D eigenvalue weighted by Gasteiger charge is 2.50. The number of hydrogen-bond donors (Lipinski definition) is 2. The Morgan fingerprint density at radius 2 is 2.35 bits per heavy atom. The highest BCUT2D eigenvalue weighted by molar-refractivity contribution is 7.10. The van der Waals surface area contributed by atoms with Crippen LogP contribution in [0.3, 0.4) is 0 Å². The fourth-order valence-corrected chi connectivity index (χ4v) is 2.76. The summed E-state index contributed by atoms with van der Waals surface area (Å²) in [4.78, 5) is 12.7. The molecule has 0 aliphatic heterocycles. The van der Waals surface area contributed by atoms with Gasteiger partial charge in [0.15, 0.2) is 0 Å². The molecule has 0 radical (unpaired) electrons. The van der Waals surface area contributed by atoms with E-state index in [9.17, 15) is 9.90 Å². The molecule has 1 heterocycles. The Labute approximate surface area is 106 Å². The quantitative estimate of drug-likeness (QED) is 0.863. The second-order valence-electron chi connectivity index (χ2n) is 5.71. The molecule has 3 nitrogen and oxygen atoms in total. The molecule has 94 valence electrons. The maximum Gasteiger partial charge on any atom is 0.223 e. The maximum absolute atomic E-state index is 11.8. The van der Waals surface area contributed by atoms with Gasteiger partial charge in [-0.25, -0.2) is 0 Å². The van der Waals surface area contributed by atoms with E-state index in [0.717, 1.165) is 11.3 Å².